The van der Waals surface area contributed by atoms with Gasteiger partial charge < -0.3 is 5.32 Å². The molecule has 0 heterocycles. The van der Waals surface area contributed by atoms with Gasteiger partial charge in [0.1, 0.15) is 5.82 Å². The second kappa shape index (κ2) is 7.28. The normalized spacial score (nSPS) is 9.68. The van der Waals surface area contributed by atoms with Crippen molar-refractivity contribution in [3.63, 3.8) is 0 Å². The van der Waals surface area contributed by atoms with Crippen molar-refractivity contribution in [1.29, 1.82) is 0 Å². The van der Waals surface area contributed by atoms with Crippen LogP contribution in [0.4, 0.5) is 14.9 Å². The molecule has 2 aromatic rings. The van der Waals surface area contributed by atoms with Crippen LogP contribution >= 0.6 is 12.2 Å². The van der Waals surface area contributed by atoms with Crippen molar-refractivity contribution in [2.24, 2.45) is 0 Å². The van der Waals surface area contributed by atoms with Crippen LogP contribution in [0.25, 0.3) is 0 Å². The molecule has 2 rings (SSSR count). The minimum atomic E-state index is -0.634. The molecular weight excluding hydrogens is 305 g/mol. The average Bonchev–Trinajstić information content (AvgIpc) is 2.50. The topological polar surface area (TPSA) is 70.2 Å². The van der Waals surface area contributed by atoms with Gasteiger partial charge in [0.15, 0.2) is 5.11 Å². The number of carbonyl (C=O) groups excluding carboxylic acids is 2. The third-order valence-electron chi connectivity index (χ3n) is 2.59. The fraction of sp³-hybridized carbons (Fsp3) is 0. The molecule has 0 aromatic heterocycles. The summed E-state index contributed by atoms with van der Waals surface area (Å²) in [6.45, 7) is 0. The third-order valence-corrected chi connectivity index (χ3v) is 2.80. The Balaban J connectivity index is 1.85. The third kappa shape index (κ3) is 4.64. The first-order chi connectivity index (χ1) is 10.5. The van der Waals surface area contributed by atoms with E-state index in [1.165, 1.54) is 24.3 Å². The largest absolute Gasteiger partial charge is 0.325 e. The molecule has 7 heteroatoms. The smallest absolute Gasteiger partial charge is 0.308 e. The van der Waals surface area contributed by atoms with Crippen molar-refractivity contribution in [2.75, 3.05) is 5.32 Å². The molecule has 0 aliphatic rings. The second-order valence-corrected chi connectivity index (χ2v) is 4.64. The predicted molar refractivity (Wildman–Crippen MR) is 85.1 cm³/mol. The summed E-state index contributed by atoms with van der Waals surface area (Å²) in [6.07, 6.45) is 0. The van der Waals surface area contributed by atoms with Crippen LogP contribution in [-0.4, -0.2) is 17.1 Å². The number of amides is 3. The molecule has 2 aromatic carbocycles. The first-order valence-electron chi connectivity index (χ1n) is 6.28. The van der Waals surface area contributed by atoms with E-state index in [-0.39, 0.29) is 5.11 Å². The molecule has 0 aliphatic heterocycles. The van der Waals surface area contributed by atoms with Crippen molar-refractivity contribution < 1.29 is 14.0 Å². The summed E-state index contributed by atoms with van der Waals surface area (Å²) in [7, 11) is 0. The molecule has 0 spiro atoms. The van der Waals surface area contributed by atoms with Crippen LogP contribution in [-0.2, 0) is 0 Å². The van der Waals surface area contributed by atoms with Crippen LogP contribution < -0.4 is 16.0 Å². The Kier molecular flexibility index (Phi) is 5.16. The van der Waals surface area contributed by atoms with Gasteiger partial charge in [-0.1, -0.05) is 18.2 Å². The second-order valence-electron chi connectivity index (χ2n) is 4.24. The first-order valence-corrected chi connectivity index (χ1v) is 6.69. The monoisotopic (exact) mass is 317 g/mol. The van der Waals surface area contributed by atoms with E-state index in [9.17, 15) is 14.0 Å². The number of rotatable bonds is 2. The SMILES string of the molecule is O=C(NC(=S)NC(=O)c1ccccc1)Nc1ccc(F)cc1. The Bertz CT molecular complexity index is 690. The Labute approximate surface area is 131 Å². The van der Waals surface area contributed by atoms with Crippen LogP contribution in [0, 0.1) is 5.82 Å². The molecular formula is C15H12FN3O2S. The Morgan fingerprint density at radius 2 is 1.55 bits per heavy atom. The minimum Gasteiger partial charge on any atom is -0.308 e. The van der Waals surface area contributed by atoms with E-state index in [1.807, 2.05) is 0 Å². The summed E-state index contributed by atoms with van der Waals surface area (Å²) in [6, 6.07) is 13.1. The zero-order valence-corrected chi connectivity index (χ0v) is 12.1. The average molecular weight is 317 g/mol. The molecule has 0 bridgehead atoms. The van der Waals surface area contributed by atoms with E-state index in [0.717, 1.165) is 0 Å². The van der Waals surface area contributed by atoms with E-state index in [4.69, 9.17) is 12.2 Å². The van der Waals surface area contributed by atoms with Crippen LogP contribution in [0.15, 0.2) is 54.6 Å². The summed E-state index contributed by atoms with van der Waals surface area (Å²) >= 11 is 4.88. The van der Waals surface area contributed by atoms with Crippen LogP contribution in [0.3, 0.4) is 0 Å². The lowest BCUT2D eigenvalue weighted by atomic mass is 10.2. The Hall–Kier alpha value is -2.80. The number of hydrogen-bond donors (Lipinski definition) is 3. The highest BCUT2D eigenvalue weighted by Crippen LogP contribution is 2.07. The molecule has 0 radical (unpaired) electrons. The quantitative estimate of drug-likeness (QED) is 0.746. The summed E-state index contributed by atoms with van der Waals surface area (Å²) in [5.74, 6) is -0.829. The number of hydrogen-bond acceptors (Lipinski definition) is 3. The first kappa shape index (κ1) is 15.6. The lowest BCUT2D eigenvalue weighted by molar-refractivity contribution is 0.0977. The van der Waals surface area contributed by atoms with Crippen molar-refractivity contribution in [3.8, 4) is 0 Å². The molecule has 0 aliphatic carbocycles. The van der Waals surface area contributed by atoms with E-state index in [2.05, 4.69) is 16.0 Å². The maximum Gasteiger partial charge on any atom is 0.325 e. The fourth-order valence-electron chi connectivity index (χ4n) is 1.59. The summed E-state index contributed by atoms with van der Waals surface area (Å²) in [4.78, 5) is 23.5. The molecule has 0 unspecified atom stereocenters. The molecule has 3 N–H and O–H groups in total. The Morgan fingerprint density at radius 1 is 0.909 bits per heavy atom. The van der Waals surface area contributed by atoms with Gasteiger partial charge in [-0.25, -0.2) is 9.18 Å². The Morgan fingerprint density at radius 3 is 2.18 bits per heavy atom. The van der Waals surface area contributed by atoms with Crippen LogP contribution in [0.1, 0.15) is 10.4 Å². The van der Waals surface area contributed by atoms with Gasteiger partial charge in [0, 0.05) is 11.3 Å². The molecule has 0 saturated heterocycles. The van der Waals surface area contributed by atoms with Crippen LogP contribution in [0.5, 0.6) is 0 Å². The van der Waals surface area contributed by atoms with Crippen molar-refractivity contribution in [2.45, 2.75) is 0 Å². The predicted octanol–water partition coefficient (Wildman–Crippen LogP) is 2.66. The number of halogens is 1. The molecule has 3 amide bonds. The molecule has 0 saturated carbocycles. The van der Waals surface area contributed by atoms with Gasteiger partial charge >= 0.3 is 6.03 Å². The molecule has 5 nitrogen and oxygen atoms in total. The number of carbonyl (C=O) groups is 2. The zero-order chi connectivity index (χ0) is 15.9. The van der Waals surface area contributed by atoms with Gasteiger partial charge in [-0.15, -0.1) is 0 Å². The van der Waals surface area contributed by atoms with Gasteiger partial charge in [-0.3, -0.25) is 15.4 Å². The van der Waals surface area contributed by atoms with Crippen molar-refractivity contribution in [3.05, 3.63) is 66.0 Å². The lowest BCUT2D eigenvalue weighted by Gasteiger charge is -2.09. The van der Waals surface area contributed by atoms with Crippen molar-refractivity contribution >= 4 is 35.0 Å². The summed E-state index contributed by atoms with van der Waals surface area (Å²) < 4.78 is 12.7. The van der Waals surface area contributed by atoms with Gasteiger partial charge in [0.25, 0.3) is 5.91 Å². The molecule has 22 heavy (non-hydrogen) atoms. The van der Waals surface area contributed by atoms with Gasteiger partial charge in [0.05, 0.1) is 0 Å². The highest BCUT2D eigenvalue weighted by atomic mass is 32.1. The lowest BCUT2D eigenvalue weighted by Crippen LogP contribution is -2.44. The van der Waals surface area contributed by atoms with E-state index in [0.29, 0.717) is 11.3 Å². The number of thiocarbonyl (C=S) groups is 1. The number of urea groups is 1. The number of anilines is 1. The van der Waals surface area contributed by atoms with E-state index < -0.39 is 17.8 Å². The fourth-order valence-corrected chi connectivity index (χ4v) is 1.78. The van der Waals surface area contributed by atoms with Crippen molar-refractivity contribution in [1.82, 2.24) is 10.6 Å². The minimum absolute atomic E-state index is 0.131. The molecule has 0 fully saturated rings. The maximum atomic E-state index is 12.7. The highest BCUT2D eigenvalue weighted by Gasteiger charge is 2.09. The number of benzene rings is 2. The van der Waals surface area contributed by atoms with E-state index in [1.54, 1.807) is 30.3 Å². The van der Waals surface area contributed by atoms with Gasteiger partial charge in [-0.2, -0.15) is 0 Å². The maximum absolute atomic E-state index is 12.7. The zero-order valence-electron chi connectivity index (χ0n) is 11.3. The standard InChI is InChI=1S/C15H12FN3O2S/c16-11-6-8-12(9-7-11)17-14(21)19-15(22)18-13(20)10-4-2-1-3-5-10/h1-9H,(H3,17,18,19,20,21,22). The summed E-state index contributed by atoms with van der Waals surface area (Å²) in [5, 5.41) is 7.01. The molecule has 0 atom stereocenters. The van der Waals surface area contributed by atoms with Crippen LogP contribution in [0.2, 0.25) is 0 Å². The molecule has 112 valence electrons. The van der Waals surface area contributed by atoms with Gasteiger partial charge in [0.2, 0.25) is 0 Å². The summed E-state index contributed by atoms with van der Waals surface area (Å²) in [5.41, 5.74) is 0.821. The van der Waals surface area contributed by atoms with E-state index >= 15 is 0 Å². The highest BCUT2D eigenvalue weighted by molar-refractivity contribution is 7.80. The number of nitrogens with one attached hydrogen (secondary N) is 3. The van der Waals surface area contributed by atoms with Gasteiger partial charge in [-0.05, 0) is 48.6 Å².